The fraction of sp³-hybridized carbons (Fsp3) is 0.842. The molecule has 0 N–H and O–H groups in total. The van der Waals surface area contributed by atoms with Crippen molar-refractivity contribution in [1.29, 1.82) is 0 Å². The molecule has 2 saturated heterocycles. The zero-order valence-electron chi connectivity index (χ0n) is 15.2. The Morgan fingerprint density at radius 3 is 2.56 bits per heavy atom. The van der Waals surface area contributed by atoms with E-state index in [1.54, 1.807) is 7.11 Å². The summed E-state index contributed by atoms with van der Waals surface area (Å²) in [5, 5.41) is 4.08. The molecule has 6 heteroatoms. The Morgan fingerprint density at radius 2 is 1.88 bits per heavy atom. The number of carbonyl (C=O) groups excluding carboxylic acids is 1. The average Bonchev–Trinajstić information content (AvgIpc) is 3.22. The Bertz CT molecular complexity index is 582. The number of carbonyl (C=O) groups is 1. The molecule has 2 aliphatic heterocycles. The maximum Gasteiger partial charge on any atom is 0.229 e. The molecule has 0 radical (unpaired) electrons. The predicted octanol–water partition coefficient (Wildman–Crippen LogP) is 3.08. The van der Waals surface area contributed by atoms with Crippen LogP contribution in [0, 0.1) is 5.92 Å². The molecule has 3 atom stereocenters. The van der Waals surface area contributed by atoms with E-state index in [0.29, 0.717) is 36.9 Å². The van der Waals surface area contributed by atoms with Crippen LogP contribution in [-0.2, 0) is 16.0 Å². The van der Waals surface area contributed by atoms with Crippen molar-refractivity contribution >= 4 is 5.91 Å². The van der Waals surface area contributed by atoms with Gasteiger partial charge < -0.3 is 14.2 Å². The summed E-state index contributed by atoms with van der Waals surface area (Å²) in [6.45, 7) is 0.610. The molecule has 3 heterocycles. The van der Waals surface area contributed by atoms with E-state index in [1.807, 2.05) is 0 Å². The summed E-state index contributed by atoms with van der Waals surface area (Å²) in [6.07, 6.45) is 10.8. The summed E-state index contributed by atoms with van der Waals surface area (Å²) in [7, 11) is 1.68. The lowest BCUT2D eigenvalue weighted by Crippen LogP contribution is -2.48. The number of piperidine rings is 1. The number of aromatic nitrogens is 2. The first-order chi connectivity index (χ1) is 12.3. The molecule has 3 aliphatic rings. The van der Waals surface area contributed by atoms with E-state index in [4.69, 9.17) is 9.26 Å². The minimum atomic E-state index is 0.275. The van der Waals surface area contributed by atoms with Gasteiger partial charge in [-0.05, 0) is 38.5 Å². The monoisotopic (exact) mass is 347 g/mol. The third-order valence-corrected chi connectivity index (χ3v) is 6.30. The number of methoxy groups -OCH3 is 1. The normalized spacial score (nSPS) is 30.0. The van der Waals surface area contributed by atoms with Crippen LogP contribution < -0.4 is 0 Å². The first kappa shape index (κ1) is 17.0. The van der Waals surface area contributed by atoms with Gasteiger partial charge in [-0.1, -0.05) is 24.4 Å². The van der Waals surface area contributed by atoms with Crippen LogP contribution in [0.2, 0.25) is 0 Å². The third kappa shape index (κ3) is 3.46. The van der Waals surface area contributed by atoms with E-state index < -0.39 is 0 Å². The molecule has 2 bridgehead atoms. The molecule has 1 aromatic rings. The van der Waals surface area contributed by atoms with Crippen LogP contribution >= 0.6 is 0 Å². The quantitative estimate of drug-likeness (QED) is 0.819. The van der Waals surface area contributed by atoms with Gasteiger partial charge in [0.2, 0.25) is 11.8 Å². The van der Waals surface area contributed by atoms with Crippen molar-refractivity contribution < 1.29 is 14.1 Å². The summed E-state index contributed by atoms with van der Waals surface area (Å²) in [5.41, 5.74) is 0. The molecule has 1 saturated carbocycles. The summed E-state index contributed by atoms with van der Waals surface area (Å²) in [5.74, 6) is 2.49. The van der Waals surface area contributed by atoms with Gasteiger partial charge in [0, 0.05) is 37.5 Å². The van der Waals surface area contributed by atoms with Gasteiger partial charge in [0.1, 0.15) is 0 Å². The number of rotatable bonds is 5. The van der Waals surface area contributed by atoms with Crippen LogP contribution in [0.1, 0.15) is 75.4 Å². The smallest absolute Gasteiger partial charge is 0.229 e. The average molecular weight is 347 g/mol. The standard InChI is InChI=1S/C19H29N3O3/c1-24-10-9-17-20-18(25-21-17)14-11-15-7-8-16(12-14)22(15)19(23)13-5-3-2-4-6-13/h13-16H,2-12H2,1H3/t14?,15-,16+. The molecule has 138 valence electrons. The molecule has 4 rings (SSSR count). The minimum absolute atomic E-state index is 0.275. The van der Waals surface area contributed by atoms with Gasteiger partial charge in [0.25, 0.3) is 0 Å². The van der Waals surface area contributed by atoms with Gasteiger partial charge in [-0.25, -0.2) is 0 Å². The number of nitrogens with zero attached hydrogens (tertiary/aromatic N) is 3. The van der Waals surface area contributed by atoms with Gasteiger partial charge in [0.15, 0.2) is 5.82 Å². The second-order valence-electron chi connectivity index (χ2n) is 7.93. The Labute approximate surface area is 149 Å². The van der Waals surface area contributed by atoms with Crippen molar-refractivity contribution in [2.24, 2.45) is 5.92 Å². The molecule has 3 fully saturated rings. The molecular weight excluding hydrogens is 318 g/mol. The summed E-state index contributed by atoms with van der Waals surface area (Å²) < 4.78 is 10.6. The number of hydrogen-bond donors (Lipinski definition) is 0. The van der Waals surface area contributed by atoms with Gasteiger partial charge in [0.05, 0.1) is 6.61 Å². The van der Waals surface area contributed by atoms with E-state index >= 15 is 0 Å². The van der Waals surface area contributed by atoms with Crippen molar-refractivity contribution in [3.05, 3.63) is 11.7 Å². The van der Waals surface area contributed by atoms with E-state index in [0.717, 1.165) is 50.2 Å². The summed E-state index contributed by atoms with van der Waals surface area (Å²) in [6, 6.07) is 0.736. The minimum Gasteiger partial charge on any atom is -0.384 e. The largest absolute Gasteiger partial charge is 0.384 e. The number of hydrogen-bond acceptors (Lipinski definition) is 5. The second kappa shape index (κ2) is 7.44. The topological polar surface area (TPSA) is 68.5 Å². The fourth-order valence-electron chi connectivity index (χ4n) is 5.03. The highest BCUT2D eigenvalue weighted by Crippen LogP contribution is 2.44. The van der Waals surface area contributed by atoms with Crippen LogP contribution in [0.3, 0.4) is 0 Å². The maximum atomic E-state index is 13.0. The molecule has 25 heavy (non-hydrogen) atoms. The fourth-order valence-corrected chi connectivity index (χ4v) is 5.03. The van der Waals surface area contributed by atoms with Crippen LogP contribution in [-0.4, -0.2) is 46.7 Å². The highest BCUT2D eigenvalue weighted by atomic mass is 16.5. The van der Waals surface area contributed by atoms with E-state index in [9.17, 15) is 4.79 Å². The lowest BCUT2D eigenvalue weighted by Gasteiger charge is -2.40. The SMILES string of the molecule is COCCc1noc(C2C[C@H]3CC[C@@H](C2)N3C(=O)C2CCCCC2)n1. The van der Waals surface area contributed by atoms with E-state index in [-0.39, 0.29) is 5.92 Å². The summed E-state index contributed by atoms with van der Waals surface area (Å²) >= 11 is 0. The molecule has 1 aromatic heterocycles. The molecule has 0 aromatic carbocycles. The first-order valence-electron chi connectivity index (χ1n) is 9.90. The molecule has 0 spiro atoms. The molecule has 1 aliphatic carbocycles. The predicted molar refractivity (Wildman–Crippen MR) is 92.1 cm³/mol. The first-order valence-corrected chi connectivity index (χ1v) is 9.90. The van der Waals surface area contributed by atoms with Crippen LogP contribution in [0.4, 0.5) is 0 Å². The van der Waals surface area contributed by atoms with Crippen LogP contribution in [0.15, 0.2) is 4.52 Å². The number of amides is 1. The number of fused-ring (bicyclic) bond motifs is 2. The molecule has 6 nitrogen and oxygen atoms in total. The van der Waals surface area contributed by atoms with Crippen molar-refractivity contribution in [2.45, 2.75) is 82.2 Å². The van der Waals surface area contributed by atoms with Crippen molar-refractivity contribution in [3.8, 4) is 0 Å². The second-order valence-corrected chi connectivity index (χ2v) is 7.93. The number of ether oxygens (including phenoxy) is 1. The van der Waals surface area contributed by atoms with Crippen molar-refractivity contribution in [1.82, 2.24) is 15.0 Å². The highest BCUT2D eigenvalue weighted by Gasteiger charge is 2.46. The van der Waals surface area contributed by atoms with Gasteiger partial charge >= 0.3 is 0 Å². The molecule has 1 amide bonds. The van der Waals surface area contributed by atoms with Gasteiger partial charge in [-0.3, -0.25) is 4.79 Å². The van der Waals surface area contributed by atoms with E-state index in [1.165, 1.54) is 19.3 Å². The van der Waals surface area contributed by atoms with Gasteiger partial charge in [-0.15, -0.1) is 0 Å². The maximum absolute atomic E-state index is 13.0. The lowest BCUT2D eigenvalue weighted by atomic mass is 9.85. The Balaban J connectivity index is 1.41. The Kier molecular flexibility index (Phi) is 5.06. The van der Waals surface area contributed by atoms with Crippen LogP contribution in [0.25, 0.3) is 0 Å². The van der Waals surface area contributed by atoms with Gasteiger partial charge in [-0.2, -0.15) is 4.98 Å². The van der Waals surface area contributed by atoms with E-state index in [2.05, 4.69) is 15.0 Å². The third-order valence-electron chi connectivity index (χ3n) is 6.30. The highest BCUT2D eigenvalue weighted by molar-refractivity contribution is 5.80. The lowest BCUT2D eigenvalue weighted by molar-refractivity contribution is -0.141. The molecular formula is C19H29N3O3. The Hall–Kier alpha value is -1.43. The summed E-state index contributed by atoms with van der Waals surface area (Å²) in [4.78, 5) is 19.9. The molecule has 1 unspecified atom stereocenters. The van der Waals surface area contributed by atoms with Crippen molar-refractivity contribution in [3.63, 3.8) is 0 Å². The Morgan fingerprint density at radius 1 is 1.16 bits per heavy atom. The van der Waals surface area contributed by atoms with Crippen LogP contribution in [0.5, 0.6) is 0 Å². The zero-order chi connectivity index (χ0) is 17.2. The van der Waals surface area contributed by atoms with Crippen molar-refractivity contribution in [2.75, 3.05) is 13.7 Å². The zero-order valence-corrected chi connectivity index (χ0v) is 15.2.